The molecule has 1 fully saturated rings. The highest BCUT2D eigenvalue weighted by molar-refractivity contribution is 5.88. The number of rotatable bonds is 4. The van der Waals surface area contributed by atoms with E-state index in [1.165, 1.54) is 18.5 Å². The molecule has 4 rings (SSSR count). The Morgan fingerprint density at radius 1 is 1.32 bits per heavy atom. The molecule has 1 N–H and O–H groups in total. The maximum Gasteiger partial charge on any atom is 0.158 e. The molecule has 0 unspecified atom stereocenters. The van der Waals surface area contributed by atoms with Crippen LogP contribution in [0.3, 0.4) is 0 Å². The van der Waals surface area contributed by atoms with Gasteiger partial charge in [0.2, 0.25) is 0 Å². The second-order valence-corrected chi connectivity index (χ2v) is 6.11. The molecule has 1 saturated heterocycles. The van der Waals surface area contributed by atoms with Crippen LogP contribution in [0.4, 0.5) is 15.9 Å². The summed E-state index contributed by atoms with van der Waals surface area (Å²) in [4.78, 5) is 8.58. The van der Waals surface area contributed by atoms with Crippen LogP contribution in [0.2, 0.25) is 0 Å². The normalized spacial score (nSPS) is 17.6. The zero-order chi connectivity index (χ0) is 17.2. The average Bonchev–Trinajstić information content (AvgIpc) is 3.00. The van der Waals surface area contributed by atoms with Crippen molar-refractivity contribution in [2.45, 2.75) is 18.9 Å². The SMILES string of the molecule is Cn1ccc2ncnc(Nc3ccc(F)cc3O[C@@H]3CCCOC3)c21. The summed E-state index contributed by atoms with van der Waals surface area (Å²) in [5.41, 5.74) is 2.37. The molecule has 0 radical (unpaired) electrons. The molecule has 7 heteroatoms. The molecule has 0 saturated carbocycles. The quantitative estimate of drug-likeness (QED) is 0.787. The van der Waals surface area contributed by atoms with Crippen LogP contribution in [0.15, 0.2) is 36.8 Å². The molecular formula is C18H19FN4O2. The number of aromatic nitrogens is 3. The van der Waals surface area contributed by atoms with Gasteiger partial charge in [0.05, 0.1) is 17.8 Å². The summed E-state index contributed by atoms with van der Waals surface area (Å²) in [7, 11) is 1.93. The van der Waals surface area contributed by atoms with Crippen molar-refractivity contribution in [2.24, 2.45) is 7.05 Å². The molecule has 130 valence electrons. The summed E-state index contributed by atoms with van der Waals surface area (Å²) < 4.78 is 27.1. The largest absolute Gasteiger partial charge is 0.486 e. The molecule has 2 aromatic heterocycles. The minimum atomic E-state index is -0.344. The summed E-state index contributed by atoms with van der Waals surface area (Å²) in [5.74, 6) is 0.759. The van der Waals surface area contributed by atoms with Crippen LogP contribution in [0.5, 0.6) is 5.75 Å². The average molecular weight is 342 g/mol. The highest BCUT2D eigenvalue weighted by Crippen LogP contribution is 2.32. The van der Waals surface area contributed by atoms with E-state index in [1.54, 1.807) is 6.07 Å². The van der Waals surface area contributed by atoms with Crippen LogP contribution in [-0.2, 0) is 11.8 Å². The van der Waals surface area contributed by atoms with Gasteiger partial charge in [0.25, 0.3) is 0 Å². The number of hydrogen-bond donors (Lipinski definition) is 1. The Balaban J connectivity index is 1.66. The summed E-state index contributed by atoms with van der Waals surface area (Å²) in [6.07, 6.45) is 5.19. The van der Waals surface area contributed by atoms with E-state index in [2.05, 4.69) is 15.3 Å². The van der Waals surface area contributed by atoms with Crippen molar-refractivity contribution in [1.82, 2.24) is 14.5 Å². The van der Waals surface area contributed by atoms with E-state index >= 15 is 0 Å². The number of aryl methyl sites for hydroxylation is 1. The van der Waals surface area contributed by atoms with Crippen molar-refractivity contribution < 1.29 is 13.9 Å². The van der Waals surface area contributed by atoms with E-state index < -0.39 is 0 Å². The van der Waals surface area contributed by atoms with Gasteiger partial charge < -0.3 is 19.4 Å². The zero-order valence-corrected chi connectivity index (χ0v) is 13.9. The Bertz CT molecular complexity index is 890. The Kier molecular flexibility index (Phi) is 4.23. The second kappa shape index (κ2) is 6.68. The van der Waals surface area contributed by atoms with E-state index in [9.17, 15) is 4.39 Å². The number of halogens is 1. The number of nitrogens with one attached hydrogen (secondary N) is 1. The maximum absolute atomic E-state index is 13.7. The van der Waals surface area contributed by atoms with Crippen molar-refractivity contribution in [3.63, 3.8) is 0 Å². The summed E-state index contributed by atoms with van der Waals surface area (Å²) in [6, 6.07) is 6.37. The fourth-order valence-electron chi connectivity index (χ4n) is 3.02. The van der Waals surface area contributed by atoms with Crippen molar-refractivity contribution in [1.29, 1.82) is 0 Å². The molecule has 0 amide bonds. The summed E-state index contributed by atoms with van der Waals surface area (Å²) in [6.45, 7) is 1.27. The van der Waals surface area contributed by atoms with E-state index in [0.717, 1.165) is 30.5 Å². The maximum atomic E-state index is 13.7. The molecule has 0 bridgehead atoms. The first-order valence-electron chi connectivity index (χ1n) is 8.28. The summed E-state index contributed by atoms with van der Waals surface area (Å²) in [5, 5.41) is 3.25. The van der Waals surface area contributed by atoms with Gasteiger partial charge in [-0.15, -0.1) is 0 Å². The van der Waals surface area contributed by atoms with Crippen molar-refractivity contribution in [3.8, 4) is 5.75 Å². The predicted molar refractivity (Wildman–Crippen MR) is 92.7 cm³/mol. The lowest BCUT2D eigenvalue weighted by Crippen LogP contribution is -2.28. The van der Waals surface area contributed by atoms with Gasteiger partial charge in [0, 0.05) is 25.9 Å². The molecule has 6 nitrogen and oxygen atoms in total. The van der Waals surface area contributed by atoms with Crippen molar-refractivity contribution >= 4 is 22.5 Å². The third-order valence-corrected chi connectivity index (χ3v) is 4.27. The molecule has 1 aliphatic rings. The molecule has 3 heterocycles. The topological polar surface area (TPSA) is 61.2 Å². The number of fused-ring (bicyclic) bond motifs is 1. The first-order chi connectivity index (χ1) is 12.2. The number of ether oxygens (including phenoxy) is 2. The fourth-order valence-corrected chi connectivity index (χ4v) is 3.02. The molecule has 1 aliphatic heterocycles. The summed E-state index contributed by atoms with van der Waals surface area (Å²) >= 11 is 0. The minimum Gasteiger partial charge on any atom is -0.486 e. The Hall–Kier alpha value is -2.67. The van der Waals surface area contributed by atoms with E-state index in [-0.39, 0.29) is 11.9 Å². The fraction of sp³-hybridized carbons (Fsp3) is 0.333. The van der Waals surface area contributed by atoms with Gasteiger partial charge in [-0.1, -0.05) is 0 Å². The van der Waals surface area contributed by atoms with Crippen LogP contribution >= 0.6 is 0 Å². The van der Waals surface area contributed by atoms with Crippen LogP contribution in [-0.4, -0.2) is 33.9 Å². The van der Waals surface area contributed by atoms with Gasteiger partial charge in [0.15, 0.2) is 5.82 Å². The van der Waals surface area contributed by atoms with Crippen LogP contribution in [0.1, 0.15) is 12.8 Å². The number of anilines is 2. The van der Waals surface area contributed by atoms with Gasteiger partial charge in [-0.05, 0) is 31.0 Å². The highest BCUT2D eigenvalue weighted by Gasteiger charge is 2.18. The van der Waals surface area contributed by atoms with Crippen LogP contribution in [0, 0.1) is 5.82 Å². The first kappa shape index (κ1) is 15.8. The Labute approximate surface area is 144 Å². The number of nitrogens with zero attached hydrogens (tertiary/aromatic N) is 3. The number of benzene rings is 1. The second-order valence-electron chi connectivity index (χ2n) is 6.11. The molecule has 25 heavy (non-hydrogen) atoms. The van der Waals surface area contributed by atoms with Crippen LogP contribution in [0.25, 0.3) is 11.0 Å². The van der Waals surface area contributed by atoms with Crippen molar-refractivity contribution in [2.75, 3.05) is 18.5 Å². The Morgan fingerprint density at radius 3 is 3.08 bits per heavy atom. The molecule has 1 aromatic carbocycles. The third kappa shape index (κ3) is 3.28. The number of hydrogen-bond acceptors (Lipinski definition) is 5. The van der Waals surface area contributed by atoms with Crippen molar-refractivity contribution in [3.05, 3.63) is 42.6 Å². The molecule has 0 spiro atoms. The molecular weight excluding hydrogens is 323 g/mol. The standard InChI is InChI=1S/C18H19FN4O2/c1-23-7-6-15-17(23)18(21-11-20-15)22-14-5-4-12(19)9-16(14)25-13-3-2-8-24-10-13/h4-7,9,11,13H,2-3,8,10H2,1H3,(H,20,21,22)/t13-/m1/s1. The highest BCUT2D eigenvalue weighted by atomic mass is 19.1. The van der Waals surface area contributed by atoms with Crippen LogP contribution < -0.4 is 10.1 Å². The first-order valence-corrected chi connectivity index (χ1v) is 8.28. The minimum absolute atomic E-state index is 0.0726. The predicted octanol–water partition coefficient (Wildman–Crippen LogP) is 3.41. The van der Waals surface area contributed by atoms with E-state index in [1.807, 2.05) is 23.9 Å². The van der Waals surface area contributed by atoms with E-state index in [0.29, 0.717) is 23.9 Å². The monoisotopic (exact) mass is 342 g/mol. The van der Waals surface area contributed by atoms with Gasteiger partial charge in [-0.2, -0.15) is 0 Å². The van der Waals surface area contributed by atoms with E-state index in [4.69, 9.17) is 9.47 Å². The van der Waals surface area contributed by atoms with Gasteiger partial charge in [-0.25, -0.2) is 14.4 Å². The lowest BCUT2D eigenvalue weighted by molar-refractivity contribution is 0.00763. The zero-order valence-electron chi connectivity index (χ0n) is 13.9. The molecule has 3 aromatic rings. The smallest absolute Gasteiger partial charge is 0.158 e. The lowest BCUT2D eigenvalue weighted by Gasteiger charge is -2.24. The molecule has 0 aliphatic carbocycles. The van der Waals surface area contributed by atoms with Gasteiger partial charge in [0.1, 0.15) is 29.5 Å². The third-order valence-electron chi connectivity index (χ3n) is 4.27. The van der Waals surface area contributed by atoms with Gasteiger partial charge in [-0.3, -0.25) is 0 Å². The Morgan fingerprint density at radius 2 is 2.24 bits per heavy atom. The molecule has 1 atom stereocenters. The van der Waals surface area contributed by atoms with Gasteiger partial charge >= 0.3 is 0 Å². The lowest BCUT2D eigenvalue weighted by atomic mass is 10.1.